The number of imidazole rings is 2. The van der Waals surface area contributed by atoms with Crippen molar-refractivity contribution in [3.8, 4) is 28.1 Å². The number of aromatic amines is 2. The number of amides is 4. The minimum atomic E-state index is -1.54. The molecule has 3 aliphatic rings. The average molecular weight is 851 g/mol. The number of alkyl carbamates (subject to hydrolysis) is 2. The Hall–Kier alpha value is -6.20. The summed E-state index contributed by atoms with van der Waals surface area (Å²) in [6.45, 7) is 8.98. The van der Waals surface area contributed by atoms with E-state index >= 15 is 0 Å². The Morgan fingerprint density at radius 2 is 1.53 bits per heavy atom. The molecule has 5 N–H and O–H groups in total. The van der Waals surface area contributed by atoms with Gasteiger partial charge in [0, 0.05) is 30.1 Å². The second-order valence-electron chi connectivity index (χ2n) is 17.1. The van der Waals surface area contributed by atoms with Crippen LogP contribution in [0.2, 0.25) is 0 Å². The third kappa shape index (κ3) is 7.67. The first-order valence-electron chi connectivity index (χ1n) is 21.0. The number of aromatic nitrogens is 4. The van der Waals surface area contributed by atoms with Crippen LogP contribution in [0, 0.1) is 0 Å². The van der Waals surface area contributed by atoms with Gasteiger partial charge in [-0.05, 0) is 107 Å². The summed E-state index contributed by atoms with van der Waals surface area (Å²) >= 11 is 0. The Kier molecular flexibility index (Phi) is 11.4. The maximum Gasteiger partial charge on any atom is 0.407 e. The zero-order valence-corrected chi connectivity index (χ0v) is 36.2. The highest BCUT2D eigenvalue weighted by Gasteiger charge is 2.45. The third-order valence-electron chi connectivity index (χ3n) is 12.7. The maximum atomic E-state index is 14.0. The molecule has 2 aromatic heterocycles. The fourth-order valence-electron chi connectivity index (χ4n) is 9.26. The van der Waals surface area contributed by atoms with Gasteiger partial charge in [0.15, 0.2) is 0 Å². The molecule has 0 aliphatic carbocycles. The molecule has 8 rings (SSSR count). The van der Waals surface area contributed by atoms with Crippen molar-refractivity contribution < 1.29 is 43.2 Å². The van der Waals surface area contributed by atoms with Crippen LogP contribution in [0.5, 0.6) is 5.75 Å². The Balaban J connectivity index is 1.05. The van der Waals surface area contributed by atoms with E-state index in [1.807, 2.05) is 32.0 Å². The normalized spacial score (nSPS) is 21.2. The van der Waals surface area contributed by atoms with E-state index < -0.39 is 41.9 Å². The Labute approximate surface area is 358 Å². The molecule has 328 valence electrons. The van der Waals surface area contributed by atoms with Crippen LogP contribution in [0.1, 0.15) is 89.6 Å². The summed E-state index contributed by atoms with van der Waals surface area (Å²) in [6.07, 6.45) is 2.52. The van der Waals surface area contributed by atoms with Crippen LogP contribution in [0.25, 0.3) is 44.2 Å². The second kappa shape index (κ2) is 16.6. The molecule has 0 spiro atoms. The fourth-order valence-corrected chi connectivity index (χ4v) is 9.26. The number of ether oxygens (including phenoxy) is 4. The van der Waals surface area contributed by atoms with Gasteiger partial charge >= 0.3 is 12.2 Å². The lowest BCUT2D eigenvalue weighted by molar-refractivity contribution is -0.142. The van der Waals surface area contributed by atoms with E-state index in [9.17, 15) is 24.3 Å². The number of fused-ring (bicyclic) bond motifs is 6. The first-order chi connectivity index (χ1) is 29.6. The lowest BCUT2D eigenvalue weighted by atomic mass is 9.92. The lowest BCUT2D eigenvalue weighted by Crippen LogP contribution is -2.59. The van der Waals surface area contributed by atoms with Crippen molar-refractivity contribution in [1.29, 1.82) is 0 Å². The minimum absolute atomic E-state index is 0.0894. The van der Waals surface area contributed by atoms with Crippen molar-refractivity contribution >= 4 is 45.8 Å². The Bertz CT molecular complexity index is 2550. The predicted octanol–water partition coefficient (Wildman–Crippen LogP) is 6.02. The van der Waals surface area contributed by atoms with Gasteiger partial charge in [0.2, 0.25) is 11.8 Å². The van der Waals surface area contributed by atoms with E-state index in [2.05, 4.69) is 44.9 Å². The molecule has 62 heavy (non-hydrogen) atoms. The number of carbonyl (C=O) groups is 4. The predicted molar refractivity (Wildman–Crippen MR) is 229 cm³/mol. The maximum absolute atomic E-state index is 14.0. The number of nitrogens with zero attached hydrogens (tertiary/aromatic N) is 4. The van der Waals surface area contributed by atoms with Gasteiger partial charge in [-0.2, -0.15) is 0 Å². The summed E-state index contributed by atoms with van der Waals surface area (Å²) in [5.41, 5.74) is 4.76. The van der Waals surface area contributed by atoms with Crippen LogP contribution in [-0.4, -0.2) is 116 Å². The smallest absolute Gasteiger partial charge is 0.407 e. The van der Waals surface area contributed by atoms with Crippen LogP contribution in [-0.2, 0) is 30.4 Å². The Morgan fingerprint density at radius 3 is 2.21 bits per heavy atom. The molecule has 2 saturated heterocycles. The number of nitrogens with one attached hydrogen (secondary N) is 4. The SMILES string of the molecule is COC(=O)N[C@H](C(=O)N1[C@@H](C)CC[C@H]1c1nc2c(ccc3cc4c(cc32)OCc2cc(-c3cnc([C@@H]5CC[C@H](C)N5C(=O)[C@@H](NC(=O)OC)C(C)(C)O)[nH]3)ccc2-4)[nH]1)[C@@H](C)OC. The fraction of sp³-hybridized carbons (Fsp3) is 0.467. The van der Waals surface area contributed by atoms with Gasteiger partial charge in [0.25, 0.3) is 0 Å². The zero-order valence-electron chi connectivity index (χ0n) is 36.2. The molecule has 0 saturated carbocycles. The Morgan fingerprint density at radius 1 is 0.855 bits per heavy atom. The van der Waals surface area contributed by atoms with E-state index in [0.29, 0.717) is 31.1 Å². The minimum Gasteiger partial charge on any atom is -0.488 e. The summed E-state index contributed by atoms with van der Waals surface area (Å²) in [5.74, 6) is 1.34. The van der Waals surface area contributed by atoms with Crippen LogP contribution in [0.15, 0.2) is 48.7 Å². The monoisotopic (exact) mass is 850 g/mol. The molecular weight excluding hydrogens is 797 g/mol. The molecule has 17 nitrogen and oxygen atoms in total. The van der Waals surface area contributed by atoms with Gasteiger partial charge in [-0.1, -0.05) is 18.2 Å². The van der Waals surface area contributed by atoms with Crippen LogP contribution in [0.4, 0.5) is 9.59 Å². The van der Waals surface area contributed by atoms with E-state index in [1.165, 1.54) is 35.2 Å². The van der Waals surface area contributed by atoms with Crippen molar-refractivity contribution in [3.63, 3.8) is 0 Å². The molecule has 4 amide bonds. The van der Waals surface area contributed by atoms with Crippen LogP contribution in [0.3, 0.4) is 0 Å². The number of aliphatic hydroxyl groups is 1. The van der Waals surface area contributed by atoms with Crippen molar-refractivity contribution in [2.75, 3.05) is 21.3 Å². The number of hydrogen-bond donors (Lipinski definition) is 5. The highest BCUT2D eigenvalue weighted by atomic mass is 16.5. The second-order valence-corrected chi connectivity index (χ2v) is 17.1. The van der Waals surface area contributed by atoms with Gasteiger partial charge in [0.05, 0.1) is 60.9 Å². The lowest BCUT2D eigenvalue weighted by Gasteiger charge is -2.36. The van der Waals surface area contributed by atoms with Crippen LogP contribution < -0.4 is 15.4 Å². The van der Waals surface area contributed by atoms with Gasteiger partial charge in [-0.3, -0.25) is 9.59 Å². The van der Waals surface area contributed by atoms with E-state index in [1.54, 1.807) is 22.9 Å². The van der Waals surface area contributed by atoms with E-state index in [4.69, 9.17) is 28.9 Å². The summed E-state index contributed by atoms with van der Waals surface area (Å²) in [4.78, 5) is 72.5. The summed E-state index contributed by atoms with van der Waals surface area (Å²) in [6, 6.07) is 11.3. The third-order valence-corrected chi connectivity index (χ3v) is 12.7. The van der Waals surface area contributed by atoms with Gasteiger partial charge in [-0.25, -0.2) is 19.6 Å². The number of benzene rings is 3. The molecule has 0 radical (unpaired) electrons. The number of methoxy groups -OCH3 is 3. The zero-order chi connectivity index (χ0) is 44.2. The van der Waals surface area contributed by atoms with Crippen molar-refractivity contribution in [3.05, 3.63) is 65.9 Å². The highest BCUT2D eigenvalue weighted by Crippen LogP contribution is 2.44. The molecule has 17 heteroatoms. The molecular formula is C45H54N8O9. The van der Waals surface area contributed by atoms with Gasteiger partial charge in [0.1, 0.15) is 36.1 Å². The molecule has 0 unspecified atom stereocenters. The summed E-state index contributed by atoms with van der Waals surface area (Å²) < 4.78 is 21.4. The largest absolute Gasteiger partial charge is 0.488 e. The van der Waals surface area contributed by atoms with Gasteiger partial charge < -0.3 is 54.5 Å². The standard InChI is InChI=1S/C45H54N8O9/c1-22-10-16-34(52(22)41(54)36(24(3)59-6)50-43(56)60-7)40-47-31-14-12-25-18-30-28-13-11-26(17-27(28)21-62-35(30)19-29(25)37(31)49-40)32-20-46-39(48-32)33-15-9-23(2)53(33)42(55)38(45(4,5)58)51-44(57)61-8/h11-14,17-20,22-24,33-34,36,38,58H,9-10,15-16,21H2,1-8H3,(H,46,48)(H,47,49)(H,50,56)(H,51,57)/t22-,23-,24+,33-,34-,36-,38+/m0/s1. The van der Waals surface area contributed by atoms with Crippen LogP contribution >= 0.6 is 0 Å². The highest BCUT2D eigenvalue weighted by molar-refractivity contribution is 6.07. The number of rotatable bonds is 10. The van der Waals surface area contributed by atoms with E-state index in [-0.39, 0.29) is 30.1 Å². The summed E-state index contributed by atoms with van der Waals surface area (Å²) in [5, 5.41) is 17.9. The average Bonchev–Trinajstić information content (AvgIpc) is 4.08. The van der Waals surface area contributed by atoms with Crippen molar-refractivity contribution in [2.24, 2.45) is 0 Å². The molecule has 2 fully saturated rings. The summed E-state index contributed by atoms with van der Waals surface area (Å²) in [7, 11) is 3.97. The molecule has 5 aromatic rings. The molecule has 0 bridgehead atoms. The molecule has 3 aromatic carbocycles. The van der Waals surface area contributed by atoms with E-state index in [0.717, 1.165) is 68.3 Å². The number of likely N-dealkylation sites (tertiary alicyclic amines) is 2. The molecule has 7 atom stereocenters. The first kappa shape index (κ1) is 42.5. The number of hydrogen-bond acceptors (Lipinski definition) is 11. The number of H-pyrrole nitrogens is 2. The quantitative estimate of drug-likeness (QED) is 0.110. The van der Waals surface area contributed by atoms with Crippen molar-refractivity contribution in [1.82, 2.24) is 40.4 Å². The van der Waals surface area contributed by atoms with Gasteiger partial charge in [-0.15, -0.1) is 0 Å². The number of carbonyl (C=O) groups excluding carboxylic acids is 4. The topological polar surface area (TPSA) is 213 Å². The molecule has 3 aliphatic heterocycles. The van der Waals surface area contributed by atoms with Crippen molar-refractivity contribution in [2.45, 2.75) is 115 Å². The first-order valence-corrected chi connectivity index (χ1v) is 21.0. The molecule has 5 heterocycles.